The molecule has 1 aromatic rings. The molecule has 0 fully saturated rings. The summed E-state index contributed by atoms with van der Waals surface area (Å²) in [5, 5.41) is 2.57. The summed E-state index contributed by atoms with van der Waals surface area (Å²) in [6.45, 7) is 0. The molecule has 0 spiro atoms. The molecule has 1 rings (SSSR count). The zero-order valence-electron chi connectivity index (χ0n) is 7.70. The van der Waals surface area contributed by atoms with Crippen LogP contribution in [0.25, 0.3) is 0 Å². The predicted molar refractivity (Wildman–Crippen MR) is 54.8 cm³/mol. The number of hydrogen-bond acceptors (Lipinski definition) is 3. The van der Waals surface area contributed by atoms with E-state index < -0.39 is 0 Å². The Morgan fingerprint density at radius 1 is 1.69 bits per heavy atom. The Morgan fingerprint density at radius 2 is 2.46 bits per heavy atom. The number of hydrogen-bond donors (Lipinski definition) is 1. The van der Waals surface area contributed by atoms with Gasteiger partial charge in [0.2, 0.25) is 0 Å². The predicted octanol–water partition coefficient (Wildman–Crippen LogP) is 1.30. The Kier molecular flexibility index (Phi) is 3.76. The van der Waals surface area contributed by atoms with Gasteiger partial charge in [0, 0.05) is 19.0 Å². The van der Waals surface area contributed by atoms with E-state index >= 15 is 0 Å². The van der Waals surface area contributed by atoms with E-state index in [1.54, 1.807) is 25.0 Å². The topological polar surface area (TPSA) is 42.0 Å². The molecule has 0 unspecified atom stereocenters. The van der Waals surface area contributed by atoms with Crippen LogP contribution in [0.2, 0.25) is 0 Å². The van der Waals surface area contributed by atoms with Crippen LogP contribution in [0.1, 0.15) is 16.1 Å². The molecule has 0 aliphatic carbocycles. The third-order valence-electron chi connectivity index (χ3n) is 1.63. The molecule has 0 bridgehead atoms. The van der Waals surface area contributed by atoms with Crippen LogP contribution in [0.15, 0.2) is 18.3 Å². The molecule has 4 heteroatoms. The van der Waals surface area contributed by atoms with Gasteiger partial charge >= 0.3 is 0 Å². The van der Waals surface area contributed by atoms with E-state index in [1.165, 1.54) is 0 Å². The van der Waals surface area contributed by atoms with Gasteiger partial charge in [0.05, 0.1) is 0 Å². The van der Waals surface area contributed by atoms with Crippen LogP contribution in [-0.4, -0.2) is 24.2 Å². The van der Waals surface area contributed by atoms with Crippen molar-refractivity contribution in [1.82, 2.24) is 10.3 Å². The average molecular weight is 196 g/mol. The molecule has 0 radical (unpaired) electrons. The van der Waals surface area contributed by atoms with E-state index in [1.807, 2.05) is 18.4 Å². The number of pyridine rings is 1. The lowest BCUT2D eigenvalue weighted by atomic mass is 10.2. The van der Waals surface area contributed by atoms with E-state index in [4.69, 9.17) is 0 Å². The number of thioether (sulfide) groups is 1. The SMILES string of the molecule is CNC(=O)c1ncccc1CSC. The van der Waals surface area contributed by atoms with Crippen molar-refractivity contribution >= 4 is 17.7 Å². The third kappa shape index (κ3) is 2.45. The second-order valence-electron chi connectivity index (χ2n) is 2.52. The van der Waals surface area contributed by atoms with Crippen molar-refractivity contribution in [2.24, 2.45) is 0 Å². The summed E-state index contributed by atoms with van der Waals surface area (Å²) in [6, 6.07) is 3.77. The molecule has 1 N–H and O–H groups in total. The van der Waals surface area contributed by atoms with Gasteiger partial charge in [-0.1, -0.05) is 6.07 Å². The Balaban J connectivity index is 2.97. The van der Waals surface area contributed by atoms with E-state index in [0.717, 1.165) is 11.3 Å². The standard InChI is InChI=1S/C9H12N2OS/c1-10-9(12)8-7(6-13-2)4-3-5-11-8/h3-5H,6H2,1-2H3,(H,10,12). The molecule has 70 valence electrons. The van der Waals surface area contributed by atoms with Crippen LogP contribution < -0.4 is 5.32 Å². The summed E-state index contributed by atoms with van der Waals surface area (Å²) in [6.07, 6.45) is 3.63. The van der Waals surface area contributed by atoms with Crippen LogP contribution in [0, 0.1) is 0 Å². The minimum absolute atomic E-state index is 0.121. The summed E-state index contributed by atoms with van der Waals surface area (Å²) in [4.78, 5) is 15.4. The van der Waals surface area contributed by atoms with Gasteiger partial charge in [0.15, 0.2) is 0 Å². The first-order valence-electron chi connectivity index (χ1n) is 3.94. The molecular formula is C9H12N2OS. The number of rotatable bonds is 3. The lowest BCUT2D eigenvalue weighted by Crippen LogP contribution is -2.20. The second-order valence-corrected chi connectivity index (χ2v) is 3.39. The fourth-order valence-electron chi connectivity index (χ4n) is 1.03. The largest absolute Gasteiger partial charge is 0.354 e. The summed E-state index contributed by atoms with van der Waals surface area (Å²) >= 11 is 1.68. The van der Waals surface area contributed by atoms with Gasteiger partial charge in [-0.15, -0.1) is 0 Å². The fourth-order valence-corrected chi connectivity index (χ4v) is 1.58. The molecule has 13 heavy (non-hydrogen) atoms. The molecule has 1 aromatic heterocycles. The molecule has 0 aliphatic heterocycles. The van der Waals surface area contributed by atoms with Crippen LogP contribution in [0.5, 0.6) is 0 Å². The summed E-state index contributed by atoms with van der Waals surface area (Å²) in [5.41, 5.74) is 1.51. The van der Waals surface area contributed by atoms with Crippen molar-refractivity contribution in [1.29, 1.82) is 0 Å². The van der Waals surface area contributed by atoms with Gasteiger partial charge in [-0.05, 0) is 17.9 Å². The number of carbonyl (C=O) groups is 1. The molecule has 0 aliphatic rings. The van der Waals surface area contributed by atoms with Crippen molar-refractivity contribution < 1.29 is 4.79 Å². The molecular weight excluding hydrogens is 184 g/mol. The average Bonchev–Trinajstić information content (AvgIpc) is 2.18. The smallest absolute Gasteiger partial charge is 0.269 e. The van der Waals surface area contributed by atoms with Crippen molar-refractivity contribution in [3.05, 3.63) is 29.6 Å². The highest BCUT2D eigenvalue weighted by atomic mass is 32.2. The molecule has 3 nitrogen and oxygen atoms in total. The molecule has 0 atom stereocenters. The Bertz CT molecular complexity index is 301. The lowest BCUT2D eigenvalue weighted by Gasteiger charge is -2.04. The minimum Gasteiger partial charge on any atom is -0.354 e. The number of nitrogens with one attached hydrogen (secondary N) is 1. The van der Waals surface area contributed by atoms with Crippen molar-refractivity contribution in [3.63, 3.8) is 0 Å². The van der Waals surface area contributed by atoms with Gasteiger partial charge in [0.1, 0.15) is 5.69 Å². The van der Waals surface area contributed by atoms with Gasteiger partial charge in [0.25, 0.3) is 5.91 Å². The van der Waals surface area contributed by atoms with Gasteiger partial charge in [-0.3, -0.25) is 9.78 Å². The summed E-state index contributed by atoms with van der Waals surface area (Å²) in [5.74, 6) is 0.695. The number of aromatic nitrogens is 1. The van der Waals surface area contributed by atoms with E-state index in [2.05, 4.69) is 10.3 Å². The molecule has 1 amide bonds. The lowest BCUT2D eigenvalue weighted by molar-refractivity contribution is 0.0957. The number of carbonyl (C=O) groups excluding carboxylic acids is 1. The van der Waals surface area contributed by atoms with Gasteiger partial charge < -0.3 is 5.32 Å². The molecule has 1 heterocycles. The van der Waals surface area contributed by atoms with Crippen LogP contribution in [-0.2, 0) is 5.75 Å². The first-order chi connectivity index (χ1) is 6.29. The third-order valence-corrected chi connectivity index (χ3v) is 2.23. The summed E-state index contributed by atoms with van der Waals surface area (Å²) < 4.78 is 0. The van der Waals surface area contributed by atoms with Gasteiger partial charge in [-0.25, -0.2) is 0 Å². The number of nitrogens with zero attached hydrogens (tertiary/aromatic N) is 1. The maximum Gasteiger partial charge on any atom is 0.269 e. The maximum atomic E-state index is 11.3. The highest BCUT2D eigenvalue weighted by Crippen LogP contribution is 2.11. The molecule has 0 saturated carbocycles. The zero-order valence-corrected chi connectivity index (χ0v) is 8.52. The summed E-state index contributed by atoms with van der Waals surface area (Å²) in [7, 11) is 1.61. The first kappa shape index (κ1) is 10.1. The van der Waals surface area contributed by atoms with Crippen molar-refractivity contribution in [3.8, 4) is 0 Å². The molecule has 0 aromatic carbocycles. The highest BCUT2D eigenvalue weighted by molar-refractivity contribution is 7.97. The van der Waals surface area contributed by atoms with E-state index in [-0.39, 0.29) is 5.91 Å². The normalized spacial score (nSPS) is 9.69. The Morgan fingerprint density at radius 3 is 3.08 bits per heavy atom. The number of amides is 1. The first-order valence-corrected chi connectivity index (χ1v) is 5.34. The van der Waals surface area contributed by atoms with E-state index in [0.29, 0.717) is 5.69 Å². The van der Waals surface area contributed by atoms with Crippen LogP contribution in [0.4, 0.5) is 0 Å². The van der Waals surface area contributed by atoms with Crippen LogP contribution in [0.3, 0.4) is 0 Å². The highest BCUT2D eigenvalue weighted by Gasteiger charge is 2.09. The molecule has 0 saturated heterocycles. The van der Waals surface area contributed by atoms with Gasteiger partial charge in [-0.2, -0.15) is 11.8 Å². The zero-order chi connectivity index (χ0) is 9.68. The Hall–Kier alpha value is -1.03. The van der Waals surface area contributed by atoms with Crippen molar-refractivity contribution in [2.75, 3.05) is 13.3 Å². The Labute approximate surface area is 81.9 Å². The fraction of sp³-hybridized carbons (Fsp3) is 0.333. The quantitative estimate of drug-likeness (QED) is 0.792. The monoisotopic (exact) mass is 196 g/mol. The maximum absolute atomic E-state index is 11.3. The van der Waals surface area contributed by atoms with Crippen molar-refractivity contribution in [2.45, 2.75) is 5.75 Å². The minimum atomic E-state index is -0.121. The van der Waals surface area contributed by atoms with Crippen LogP contribution >= 0.6 is 11.8 Å². The second kappa shape index (κ2) is 4.87. The van der Waals surface area contributed by atoms with E-state index in [9.17, 15) is 4.79 Å².